The summed E-state index contributed by atoms with van der Waals surface area (Å²) in [5.41, 5.74) is 5.48. The molecule has 4 nitrogen and oxygen atoms in total. The van der Waals surface area contributed by atoms with Crippen molar-refractivity contribution in [3.8, 4) is 0 Å². The first-order valence-electron chi connectivity index (χ1n) is 4.20. The summed E-state index contributed by atoms with van der Waals surface area (Å²) >= 11 is 0. The first kappa shape index (κ1) is 9.92. The molecule has 72 valence electrons. The predicted molar refractivity (Wildman–Crippen MR) is 50.7 cm³/mol. The summed E-state index contributed by atoms with van der Waals surface area (Å²) in [5, 5.41) is 0. The highest BCUT2D eigenvalue weighted by atomic mass is 16.5. The highest BCUT2D eigenvalue weighted by Crippen LogP contribution is 2.14. The van der Waals surface area contributed by atoms with Crippen molar-refractivity contribution in [2.75, 3.05) is 13.7 Å². The normalized spacial score (nSPS) is 26.0. The minimum absolute atomic E-state index is 0.229. The molecule has 0 unspecified atom stereocenters. The van der Waals surface area contributed by atoms with Crippen LogP contribution in [0.25, 0.3) is 0 Å². The second-order valence-electron chi connectivity index (χ2n) is 3.16. The first-order valence-corrected chi connectivity index (χ1v) is 4.20. The molecule has 0 fully saturated rings. The monoisotopic (exact) mass is 182 g/mol. The number of nitrogens with two attached hydrogens (primary N) is 1. The average Bonchev–Trinajstić information content (AvgIpc) is 2.15. The molecule has 13 heavy (non-hydrogen) atoms. The largest absolute Gasteiger partial charge is 0.469 e. The fraction of sp³-hybridized carbons (Fsp3) is 0.556. The molecule has 4 heteroatoms. The van der Waals surface area contributed by atoms with Crippen LogP contribution in [0.1, 0.15) is 12.8 Å². The van der Waals surface area contributed by atoms with Gasteiger partial charge in [-0.05, 0) is 12.5 Å². The summed E-state index contributed by atoms with van der Waals surface area (Å²) in [5.74, 6) is -0.229. The van der Waals surface area contributed by atoms with Gasteiger partial charge < -0.3 is 10.5 Å². The molecular formula is C9H14N2O2. The molecule has 1 rings (SSSR count). The Hall–Kier alpha value is -1.16. The van der Waals surface area contributed by atoms with Crippen LogP contribution in [-0.2, 0) is 9.53 Å². The predicted octanol–water partition coefficient (Wildman–Crippen LogP) is 0.278. The Kier molecular flexibility index (Phi) is 3.19. The molecule has 0 amide bonds. The standard InChI is InChI=1S/C9H14N2O2/c1-13-8(12)3-5-9(10)4-2-6-11-7-9/h2,4,6H,3,5,7,10H2,1H3/t9-/m1/s1. The van der Waals surface area contributed by atoms with Crippen molar-refractivity contribution in [1.82, 2.24) is 0 Å². The second kappa shape index (κ2) is 4.18. The molecule has 1 aliphatic heterocycles. The third-order valence-electron chi connectivity index (χ3n) is 2.03. The van der Waals surface area contributed by atoms with Gasteiger partial charge >= 0.3 is 5.97 Å². The van der Waals surface area contributed by atoms with Crippen LogP contribution in [-0.4, -0.2) is 31.4 Å². The van der Waals surface area contributed by atoms with Gasteiger partial charge in [0.15, 0.2) is 0 Å². The Bertz CT molecular complexity index is 248. The number of hydrogen-bond acceptors (Lipinski definition) is 4. The van der Waals surface area contributed by atoms with Crippen molar-refractivity contribution in [1.29, 1.82) is 0 Å². The molecular weight excluding hydrogens is 168 g/mol. The van der Waals surface area contributed by atoms with Gasteiger partial charge in [0.2, 0.25) is 0 Å². The number of dihydropyridines is 1. The zero-order valence-corrected chi connectivity index (χ0v) is 7.69. The first-order chi connectivity index (χ1) is 6.16. The van der Waals surface area contributed by atoms with Gasteiger partial charge in [0.1, 0.15) is 0 Å². The van der Waals surface area contributed by atoms with E-state index in [0.29, 0.717) is 19.4 Å². The molecule has 0 aromatic carbocycles. The van der Waals surface area contributed by atoms with Crippen molar-refractivity contribution < 1.29 is 9.53 Å². The van der Waals surface area contributed by atoms with Gasteiger partial charge in [-0.25, -0.2) is 0 Å². The van der Waals surface area contributed by atoms with Gasteiger partial charge in [0.05, 0.1) is 19.2 Å². The molecule has 1 heterocycles. The number of aliphatic imine (C=N–C) groups is 1. The van der Waals surface area contributed by atoms with Crippen LogP contribution in [0.5, 0.6) is 0 Å². The van der Waals surface area contributed by atoms with E-state index in [1.165, 1.54) is 7.11 Å². The minimum Gasteiger partial charge on any atom is -0.469 e. The zero-order chi connectivity index (χ0) is 9.73. The van der Waals surface area contributed by atoms with Crippen molar-refractivity contribution in [2.45, 2.75) is 18.4 Å². The maximum absolute atomic E-state index is 10.9. The van der Waals surface area contributed by atoms with Crippen LogP contribution in [0.3, 0.4) is 0 Å². The number of carbonyl (C=O) groups excluding carboxylic acids is 1. The van der Waals surface area contributed by atoms with E-state index in [9.17, 15) is 4.79 Å². The van der Waals surface area contributed by atoms with Crippen LogP contribution in [0.4, 0.5) is 0 Å². The molecule has 0 bridgehead atoms. The molecule has 0 saturated carbocycles. The summed E-state index contributed by atoms with van der Waals surface area (Å²) in [6, 6.07) is 0. The van der Waals surface area contributed by atoms with Crippen molar-refractivity contribution in [3.05, 3.63) is 12.2 Å². The van der Waals surface area contributed by atoms with E-state index in [2.05, 4.69) is 9.73 Å². The topological polar surface area (TPSA) is 64.7 Å². The fourth-order valence-electron chi connectivity index (χ4n) is 1.17. The molecule has 0 aromatic rings. The molecule has 2 N–H and O–H groups in total. The Balaban J connectivity index is 2.39. The van der Waals surface area contributed by atoms with E-state index in [4.69, 9.17) is 5.73 Å². The molecule has 1 aliphatic rings. The summed E-state index contributed by atoms with van der Waals surface area (Å²) < 4.78 is 4.53. The van der Waals surface area contributed by atoms with Crippen LogP contribution < -0.4 is 5.73 Å². The number of rotatable bonds is 3. The molecule has 1 atom stereocenters. The van der Waals surface area contributed by atoms with Gasteiger partial charge in [-0.2, -0.15) is 0 Å². The van der Waals surface area contributed by atoms with E-state index in [1.54, 1.807) is 12.3 Å². The zero-order valence-electron chi connectivity index (χ0n) is 7.69. The van der Waals surface area contributed by atoms with E-state index < -0.39 is 5.54 Å². The second-order valence-corrected chi connectivity index (χ2v) is 3.16. The smallest absolute Gasteiger partial charge is 0.305 e. The number of hydrogen-bond donors (Lipinski definition) is 1. The molecule has 0 radical (unpaired) electrons. The summed E-state index contributed by atoms with van der Waals surface area (Å²) in [6.07, 6.45) is 6.31. The lowest BCUT2D eigenvalue weighted by atomic mass is 9.93. The summed E-state index contributed by atoms with van der Waals surface area (Å²) in [4.78, 5) is 14.9. The van der Waals surface area contributed by atoms with Crippen molar-refractivity contribution >= 4 is 12.2 Å². The highest BCUT2D eigenvalue weighted by molar-refractivity contribution is 5.73. The van der Waals surface area contributed by atoms with Crippen molar-refractivity contribution in [2.24, 2.45) is 10.7 Å². The number of carbonyl (C=O) groups is 1. The van der Waals surface area contributed by atoms with Crippen LogP contribution in [0.15, 0.2) is 17.1 Å². The Morgan fingerprint density at radius 2 is 2.54 bits per heavy atom. The van der Waals surface area contributed by atoms with Gasteiger partial charge in [-0.15, -0.1) is 0 Å². The Labute approximate surface area is 77.5 Å². The third kappa shape index (κ3) is 2.99. The van der Waals surface area contributed by atoms with E-state index >= 15 is 0 Å². The Morgan fingerprint density at radius 1 is 1.77 bits per heavy atom. The number of methoxy groups -OCH3 is 1. The minimum atomic E-state index is -0.469. The molecule has 0 aromatic heterocycles. The van der Waals surface area contributed by atoms with Crippen LogP contribution in [0.2, 0.25) is 0 Å². The van der Waals surface area contributed by atoms with E-state index in [-0.39, 0.29) is 5.97 Å². The quantitative estimate of drug-likeness (QED) is 0.637. The lowest BCUT2D eigenvalue weighted by molar-refractivity contribution is -0.140. The lowest BCUT2D eigenvalue weighted by Gasteiger charge is -2.24. The molecule has 0 spiro atoms. The van der Waals surface area contributed by atoms with Crippen LogP contribution >= 0.6 is 0 Å². The van der Waals surface area contributed by atoms with Crippen molar-refractivity contribution in [3.63, 3.8) is 0 Å². The maximum Gasteiger partial charge on any atom is 0.305 e. The number of esters is 1. The molecule has 0 saturated heterocycles. The van der Waals surface area contributed by atoms with Crippen LogP contribution in [0, 0.1) is 0 Å². The summed E-state index contributed by atoms with van der Waals surface area (Å²) in [6.45, 7) is 0.542. The average molecular weight is 182 g/mol. The number of ether oxygens (including phenoxy) is 1. The summed E-state index contributed by atoms with van der Waals surface area (Å²) in [7, 11) is 1.38. The van der Waals surface area contributed by atoms with Gasteiger partial charge in [-0.3, -0.25) is 9.79 Å². The fourth-order valence-corrected chi connectivity index (χ4v) is 1.17. The Morgan fingerprint density at radius 3 is 3.08 bits per heavy atom. The highest BCUT2D eigenvalue weighted by Gasteiger charge is 2.23. The SMILES string of the molecule is COC(=O)CC[C@]1(N)C=CC=NC1. The van der Waals surface area contributed by atoms with Gasteiger partial charge in [-0.1, -0.05) is 6.08 Å². The van der Waals surface area contributed by atoms with E-state index in [0.717, 1.165) is 0 Å². The van der Waals surface area contributed by atoms with E-state index in [1.807, 2.05) is 6.08 Å². The van der Waals surface area contributed by atoms with Gasteiger partial charge in [0, 0.05) is 12.6 Å². The number of allylic oxidation sites excluding steroid dienone is 1. The molecule has 0 aliphatic carbocycles. The van der Waals surface area contributed by atoms with Gasteiger partial charge in [0.25, 0.3) is 0 Å². The number of nitrogens with zero attached hydrogens (tertiary/aromatic N) is 1. The lowest BCUT2D eigenvalue weighted by Crippen LogP contribution is -2.42. The maximum atomic E-state index is 10.9. The third-order valence-corrected chi connectivity index (χ3v) is 2.03.